The van der Waals surface area contributed by atoms with E-state index >= 15 is 0 Å². The Morgan fingerprint density at radius 1 is 1.54 bits per heavy atom. The molecule has 3 rings (SSSR count). The largest absolute Gasteiger partial charge is 0.339 e. The molecule has 1 aliphatic rings. The van der Waals surface area contributed by atoms with Crippen molar-refractivity contribution in [1.29, 1.82) is 0 Å². The molecule has 1 saturated heterocycles. The van der Waals surface area contributed by atoms with Crippen LogP contribution in [0.25, 0.3) is 0 Å². The zero-order valence-corrected chi connectivity index (χ0v) is 15.0. The van der Waals surface area contributed by atoms with Gasteiger partial charge in [-0.25, -0.2) is 9.37 Å². The van der Waals surface area contributed by atoms with Crippen molar-refractivity contribution in [2.45, 2.75) is 32.1 Å². The second kappa shape index (κ2) is 6.98. The van der Waals surface area contributed by atoms with Crippen molar-refractivity contribution in [2.24, 2.45) is 7.05 Å². The second-order valence-electron chi connectivity index (χ2n) is 6.32. The van der Waals surface area contributed by atoms with Gasteiger partial charge >= 0.3 is 0 Å². The van der Waals surface area contributed by atoms with Crippen molar-refractivity contribution in [1.82, 2.24) is 24.6 Å². The number of hydrogen-bond acceptors (Lipinski definition) is 5. The number of nitrogens with zero attached hydrogens (tertiary/aromatic N) is 5. The molecule has 6 nitrogen and oxygen atoms in total. The number of amides is 1. The number of rotatable bonds is 5. The first kappa shape index (κ1) is 17.0. The Labute approximate surface area is 144 Å². The van der Waals surface area contributed by atoms with Gasteiger partial charge in [0.1, 0.15) is 16.9 Å². The third-order valence-corrected chi connectivity index (χ3v) is 5.12. The van der Waals surface area contributed by atoms with E-state index in [1.807, 2.05) is 12.3 Å². The van der Waals surface area contributed by atoms with E-state index in [0.29, 0.717) is 31.7 Å². The molecule has 0 radical (unpaired) electrons. The summed E-state index contributed by atoms with van der Waals surface area (Å²) in [6, 6.07) is 1.78. The van der Waals surface area contributed by atoms with E-state index in [0.717, 1.165) is 10.7 Å². The normalized spacial score (nSPS) is 21.3. The summed E-state index contributed by atoms with van der Waals surface area (Å²) >= 11 is 1.57. The number of thiazole rings is 1. The number of carbonyl (C=O) groups is 1. The molecule has 2 aromatic rings. The number of carbonyl (C=O) groups excluding carboxylic acids is 1. The lowest BCUT2D eigenvalue weighted by Crippen LogP contribution is -2.41. The van der Waals surface area contributed by atoms with E-state index in [2.05, 4.69) is 15.0 Å². The molecule has 0 spiro atoms. The molecule has 1 amide bonds. The molecule has 1 fully saturated rings. The summed E-state index contributed by atoms with van der Waals surface area (Å²) in [6.07, 6.45) is 1.36. The van der Waals surface area contributed by atoms with Gasteiger partial charge in [-0.15, -0.1) is 11.3 Å². The number of aryl methyl sites for hydroxylation is 2. The molecule has 0 bridgehead atoms. The average molecular weight is 351 g/mol. The van der Waals surface area contributed by atoms with Gasteiger partial charge in [0, 0.05) is 44.8 Å². The highest BCUT2D eigenvalue weighted by molar-refractivity contribution is 7.09. The first-order valence-corrected chi connectivity index (χ1v) is 8.84. The maximum atomic E-state index is 13.9. The molecule has 2 atom stereocenters. The lowest BCUT2D eigenvalue weighted by Gasteiger charge is -2.27. The van der Waals surface area contributed by atoms with Crippen LogP contribution in [-0.2, 0) is 13.6 Å². The van der Waals surface area contributed by atoms with Crippen LogP contribution < -0.4 is 0 Å². The number of likely N-dealkylation sites (N-methyl/N-ethyl adjacent to an activating group) is 1. The van der Waals surface area contributed by atoms with Crippen LogP contribution in [0.5, 0.6) is 0 Å². The van der Waals surface area contributed by atoms with Gasteiger partial charge in [-0.2, -0.15) is 5.10 Å². The molecule has 130 valence electrons. The van der Waals surface area contributed by atoms with E-state index in [9.17, 15) is 9.18 Å². The zero-order valence-electron chi connectivity index (χ0n) is 14.1. The summed E-state index contributed by atoms with van der Waals surface area (Å²) < 4.78 is 15.5. The molecular weight excluding hydrogens is 329 g/mol. The summed E-state index contributed by atoms with van der Waals surface area (Å²) in [5.74, 6) is -0.0883. The maximum Gasteiger partial charge on any atom is 0.271 e. The fraction of sp³-hybridized carbons (Fsp3) is 0.562. The van der Waals surface area contributed by atoms with Gasteiger partial charge in [0.05, 0.1) is 12.2 Å². The molecule has 2 aromatic heterocycles. The second-order valence-corrected chi connectivity index (χ2v) is 7.30. The Morgan fingerprint density at radius 2 is 2.33 bits per heavy atom. The summed E-state index contributed by atoms with van der Waals surface area (Å²) in [6.45, 7) is 3.39. The molecule has 0 saturated carbocycles. The van der Waals surface area contributed by atoms with Crippen molar-refractivity contribution < 1.29 is 9.18 Å². The Bertz CT molecular complexity index is 701. The van der Waals surface area contributed by atoms with Crippen molar-refractivity contribution in [3.8, 4) is 0 Å². The molecule has 24 heavy (non-hydrogen) atoms. The number of aromatic nitrogens is 3. The smallest absolute Gasteiger partial charge is 0.271 e. The highest BCUT2D eigenvalue weighted by Gasteiger charge is 2.34. The Kier molecular flexibility index (Phi) is 4.96. The Balaban J connectivity index is 1.66. The number of likely N-dealkylation sites (tertiary alicyclic amines) is 1. The van der Waals surface area contributed by atoms with E-state index < -0.39 is 6.17 Å². The highest BCUT2D eigenvalue weighted by Crippen LogP contribution is 2.24. The predicted molar refractivity (Wildman–Crippen MR) is 90.7 cm³/mol. The van der Waals surface area contributed by atoms with Crippen LogP contribution in [0.4, 0.5) is 4.39 Å². The third-order valence-electron chi connectivity index (χ3n) is 4.35. The van der Waals surface area contributed by atoms with Crippen LogP contribution in [0.3, 0.4) is 0 Å². The fourth-order valence-electron chi connectivity index (χ4n) is 3.22. The minimum atomic E-state index is -0.850. The van der Waals surface area contributed by atoms with Crippen LogP contribution in [0.15, 0.2) is 17.6 Å². The van der Waals surface area contributed by atoms with Gasteiger partial charge in [-0.05, 0) is 19.4 Å². The minimum Gasteiger partial charge on any atom is -0.339 e. The third kappa shape index (κ3) is 3.64. The predicted octanol–water partition coefficient (Wildman–Crippen LogP) is 1.87. The SMILES string of the molecule is Cc1cc(C(=O)N(C)C[C@@H]2C[C@H](F)CN2Cc2nccs2)n(C)n1. The molecule has 0 aliphatic carbocycles. The summed E-state index contributed by atoms with van der Waals surface area (Å²) in [5, 5.41) is 7.12. The lowest BCUT2D eigenvalue weighted by molar-refractivity contribution is 0.0739. The van der Waals surface area contributed by atoms with E-state index in [4.69, 9.17) is 0 Å². The summed E-state index contributed by atoms with van der Waals surface area (Å²) in [4.78, 5) is 20.6. The van der Waals surface area contributed by atoms with Gasteiger partial charge in [0.2, 0.25) is 0 Å². The highest BCUT2D eigenvalue weighted by atomic mass is 32.1. The van der Waals surface area contributed by atoms with Crippen LogP contribution in [0, 0.1) is 6.92 Å². The average Bonchev–Trinajstić information content (AvgIpc) is 3.21. The fourth-order valence-corrected chi connectivity index (χ4v) is 3.86. The number of halogens is 1. The van der Waals surface area contributed by atoms with Crippen LogP contribution in [0.1, 0.15) is 27.6 Å². The van der Waals surface area contributed by atoms with Crippen molar-refractivity contribution in [2.75, 3.05) is 20.1 Å². The number of hydrogen-bond donors (Lipinski definition) is 0. The summed E-state index contributed by atoms with van der Waals surface area (Å²) in [7, 11) is 3.52. The molecule has 1 aliphatic heterocycles. The molecule has 0 N–H and O–H groups in total. The van der Waals surface area contributed by atoms with Gasteiger partial charge in [-0.3, -0.25) is 14.4 Å². The quantitative estimate of drug-likeness (QED) is 0.825. The minimum absolute atomic E-state index is 0.00664. The van der Waals surface area contributed by atoms with Gasteiger partial charge < -0.3 is 4.90 Å². The molecule has 3 heterocycles. The van der Waals surface area contributed by atoms with E-state index in [-0.39, 0.29) is 11.9 Å². The van der Waals surface area contributed by atoms with Crippen molar-refractivity contribution in [3.63, 3.8) is 0 Å². The standard InChI is InChI=1S/C16H22FN5OS/c1-11-6-14(21(3)19-11)16(23)20(2)9-13-7-12(17)8-22(13)10-15-18-4-5-24-15/h4-6,12-13H,7-10H2,1-3H3/t12-,13-/m0/s1. The first-order valence-electron chi connectivity index (χ1n) is 7.96. The summed E-state index contributed by atoms with van der Waals surface area (Å²) in [5.41, 5.74) is 1.36. The first-order chi connectivity index (χ1) is 11.4. The monoisotopic (exact) mass is 351 g/mol. The molecule has 0 unspecified atom stereocenters. The molecular formula is C16H22FN5OS. The van der Waals surface area contributed by atoms with Gasteiger partial charge in [0.25, 0.3) is 5.91 Å². The maximum absolute atomic E-state index is 13.9. The van der Waals surface area contributed by atoms with Crippen molar-refractivity contribution in [3.05, 3.63) is 34.0 Å². The van der Waals surface area contributed by atoms with Gasteiger partial charge in [0.15, 0.2) is 0 Å². The zero-order chi connectivity index (χ0) is 17.3. The Morgan fingerprint density at radius 3 is 2.96 bits per heavy atom. The van der Waals surface area contributed by atoms with Crippen molar-refractivity contribution >= 4 is 17.2 Å². The molecule has 8 heteroatoms. The van der Waals surface area contributed by atoms with Crippen LogP contribution in [-0.4, -0.2) is 62.8 Å². The lowest BCUT2D eigenvalue weighted by atomic mass is 10.2. The molecule has 0 aromatic carbocycles. The van der Waals surface area contributed by atoms with E-state index in [1.54, 1.807) is 47.3 Å². The van der Waals surface area contributed by atoms with E-state index in [1.165, 1.54) is 0 Å². The van der Waals surface area contributed by atoms with Crippen LogP contribution in [0.2, 0.25) is 0 Å². The topological polar surface area (TPSA) is 54.3 Å². The Hall–Kier alpha value is -1.80. The van der Waals surface area contributed by atoms with Crippen LogP contribution >= 0.6 is 11.3 Å². The number of alkyl halides is 1. The van der Waals surface area contributed by atoms with Gasteiger partial charge in [-0.1, -0.05) is 0 Å².